The molecule has 0 saturated carbocycles. The van der Waals surface area contributed by atoms with Gasteiger partial charge >= 0.3 is 5.97 Å². The highest BCUT2D eigenvalue weighted by molar-refractivity contribution is 6.30. The van der Waals surface area contributed by atoms with Gasteiger partial charge in [0.05, 0.1) is 17.2 Å². The summed E-state index contributed by atoms with van der Waals surface area (Å²) in [5.41, 5.74) is 0.779. The molecular formula is C16H18ClNO4. The number of benzene rings is 1. The number of carbonyl (C=O) groups excluding carboxylic acids is 3. The summed E-state index contributed by atoms with van der Waals surface area (Å²) in [6.45, 7) is 3.78. The summed E-state index contributed by atoms with van der Waals surface area (Å²) >= 11 is 5.99. The number of hydrogen-bond donors (Lipinski definition) is 0. The van der Waals surface area contributed by atoms with Crippen LogP contribution >= 0.6 is 11.6 Å². The first-order valence-corrected chi connectivity index (χ1v) is 7.69. The Morgan fingerprint density at radius 1 is 1.23 bits per heavy atom. The molecule has 2 unspecified atom stereocenters. The van der Waals surface area contributed by atoms with Crippen molar-refractivity contribution < 1.29 is 19.1 Å². The summed E-state index contributed by atoms with van der Waals surface area (Å²) in [6, 6.07) is 6.65. The molecule has 1 heterocycles. The van der Waals surface area contributed by atoms with Gasteiger partial charge in [-0.25, -0.2) is 0 Å². The quantitative estimate of drug-likeness (QED) is 0.458. The molecule has 1 aromatic carbocycles. The Morgan fingerprint density at radius 2 is 1.77 bits per heavy atom. The predicted molar refractivity (Wildman–Crippen MR) is 81.9 cm³/mol. The fourth-order valence-corrected chi connectivity index (χ4v) is 2.31. The number of ether oxygens (including phenoxy) is 1. The number of nitrogens with zero attached hydrogens (tertiary/aromatic N) is 1. The number of amides is 2. The van der Waals surface area contributed by atoms with Crippen LogP contribution in [0.4, 0.5) is 0 Å². The smallest absolute Gasteiger partial charge is 0.324 e. The lowest BCUT2D eigenvalue weighted by atomic mass is 10.1. The van der Waals surface area contributed by atoms with Crippen molar-refractivity contribution in [2.24, 2.45) is 0 Å². The van der Waals surface area contributed by atoms with Crippen LogP contribution in [0.5, 0.6) is 0 Å². The average Bonchev–Trinajstić information content (AvgIpc) is 2.76. The molecule has 22 heavy (non-hydrogen) atoms. The zero-order valence-corrected chi connectivity index (χ0v) is 13.3. The van der Waals surface area contributed by atoms with Gasteiger partial charge in [-0.15, -0.1) is 11.6 Å². The van der Waals surface area contributed by atoms with Gasteiger partial charge in [0, 0.05) is 6.54 Å². The highest BCUT2D eigenvalue weighted by atomic mass is 35.5. The Balaban J connectivity index is 1.94. The molecule has 0 fully saturated rings. The lowest BCUT2D eigenvalue weighted by Crippen LogP contribution is -2.34. The molecule has 0 N–H and O–H groups in total. The molecule has 2 rings (SSSR count). The third-order valence-corrected chi connectivity index (χ3v) is 4.03. The van der Waals surface area contributed by atoms with Gasteiger partial charge in [-0.3, -0.25) is 19.3 Å². The van der Waals surface area contributed by atoms with Gasteiger partial charge in [-0.1, -0.05) is 19.1 Å². The molecule has 5 nitrogen and oxygen atoms in total. The third-order valence-electron chi connectivity index (χ3n) is 3.63. The number of fused-ring (bicyclic) bond motifs is 1. The predicted octanol–water partition coefficient (Wildman–Crippen LogP) is 2.62. The van der Waals surface area contributed by atoms with Crippen LogP contribution in [0.25, 0.3) is 0 Å². The molecule has 0 bridgehead atoms. The van der Waals surface area contributed by atoms with Gasteiger partial charge in [-0.2, -0.15) is 0 Å². The van der Waals surface area contributed by atoms with E-state index in [4.69, 9.17) is 16.3 Å². The van der Waals surface area contributed by atoms with Crippen LogP contribution in [0.2, 0.25) is 0 Å². The second-order valence-corrected chi connectivity index (χ2v) is 5.75. The first kappa shape index (κ1) is 16.5. The van der Waals surface area contributed by atoms with Crippen molar-refractivity contribution >= 4 is 29.4 Å². The summed E-state index contributed by atoms with van der Waals surface area (Å²) in [6.07, 6.45) is 0.670. The van der Waals surface area contributed by atoms with Crippen LogP contribution in [0.3, 0.4) is 0 Å². The molecule has 6 heteroatoms. The van der Waals surface area contributed by atoms with Crippen molar-refractivity contribution in [3.63, 3.8) is 0 Å². The fourth-order valence-electron chi connectivity index (χ4n) is 2.16. The van der Waals surface area contributed by atoms with Crippen molar-refractivity contribution in [3.8, 4) is 0 Å². The van der Waals surface area contributed by atoms with Gasteiger partial charge < -0.3 is 4.74 Å². The van der Waals surface area contributed by atoms with Crippen molar-refractivity contribution in [3.05, 3.63) is 35.4 Å². The number of hydrogen-bond acceptors (Lipinski definition) is 4. The maximum atomic E-state index is 12.2. The summed E-state index contributed by atoms with van der Waals surface area (Å²) in [5, 5.41) is -0.877. The van der Waals surface area contributed by atoms with Crippen LogP contribution in [0.15, 0.2) is 24.3 Å². The van der Waals surface area contributed by atoms with Crippen molar-refractivity contribution in [2.75, 3.05) is 6.54 Å². The Hall–Kier alpha value is -1.88. The van der Waals surface area contributed by atoms with Gasteiger partial charge in [0.25, 0.3) is 11.8 Å². The molecule has 0 aromatic heterocycles. The highest BCUT2D eigenvalue weighted by Gasteiger charge is 2.35. The maximum absolute atomic E-state index is 12.2. The molecule has 1 aliphatic rings. The fraction of sp³-hybridized carbons (Fsp3) is 0.438. The first-order valence-electron chi connectivity index (χ1n) is 7.25. The SMILES string of the molecule is CCC(C)OC(=O)C(Cl)CCN1C(=O)c2ccccc2C1=O. The third kappa shape index (κ3) is 3.30. The topological polar surface area (TPSA) is 63.7 Å². The van der Waals surface area contributed by atoms with Gasteiger partial charge in [-0.05, 0) is 31.9 Å². The molecule has 0 aliphatic carbocycles. The molecule has 0 saturated heterocycles. The molecule has 2 atom stereocenters. The lowest BCUT2D eigenvalue weighted by Gasteiger charge is -2.17. The number of halogens is 1. The molecular weight excluding hydrogens is 306 g/mol. The summed E-state index contributed by atoms with van der Waals surface area (Å²) in [5.74, 6) is -1.22. The number of rotatable bonds is 6. The van der Waals surface area contributed by atoms with Crippen LogP contribution in [-0.2, 0) is 9.53 Å². The van der Waals surface area contributed by atoms with Gasteiger partial charge in [0.15, 0.2) is 0 Å². The summed E-state index contributed by atoms with van der Waals surface area (Å²) in [4.78, 5) is 37.2. The van der Waals surface area contributed by atoms with E-state index in [0.29, 0.717) is 17.5 Å². The van der Waals surface area contributed by atoms with E-state index in [1.165, 1.54) is 0 Å². The number of esters is 1. The maximum Gasteiger partial charge on any atom is 0.324 e. The molecule has 1 aliphatic heterocycles. The van der Waals surface area contributed by atoms with Crippen LogP contribution in [0, 0.1) is 0 Å². The van der Waals surface area contributed by atoms with Crippen molar-refractivity contribution in [2.45, 2.75) is 38.2 Å². The highest BCUT2D eigenvalue weighted by Crippen LogP contribution is 2.23. The molecule has 0 spiro atoms. The van der Waals surface area contributed by atoms with Gasteiger partial charge in [0.1, 0.15) is 5.38 Å². The van der Waals surface area contributed by atoms with Gasteiger partial charge in [0.2, 0.25) is 0 Å². The normalized spacial score (nSPS) is 16.4. The van der Waals surface area contributed by atoms with E-state index in [2.05, 4.69) is 0 Å². The summed E-state index contributed by atoms with van der Waals surface area (Å²) in [7, 11) is 0. The first-order chi connectivity index (χ1) is 10.5. The molecule has 2 amide bonds. The number of alkyl halides is 1. The Labute approximate surface area is 134 Å². The molecule has 0 radical (unpaired) electrons. The van der Waals surface area contributed by atoms with E-state index in [9.17, 15) is 14.4 Å². The Bertz CT molecular complexity index is 567. The van der Waals surface area contributed by atoms with Crippen LogP contribution < -0.4 is 0 Å². The minimum absolute atomic E-state index is 0.0934. The van der Waals surface area contributed by atoms with Crippen LogP contribution in [0.1, 0.15) is 47.4 Å². The lowest BCUT2D eigenvalue weighted by molar-refractivity contribution is -0.148. The zero-order valence-electron chi connectivity index (χ0n) is 12.5. The number of carbonyl (C=O) groups is 3. The van der Waals surface area contributed by atoms with E-state index < -0.39 is 11.3 Å². The van der Waals surface area contributed by atoms with E-state index >= 15 is 0 Å². The van der Waals surface area contributed by atoms with E-state index in [1.807, 2.05) is 6.92 Å². The minimum atomic E-state index is -0.877. The largest absolute Gasteiger partial charge is 0.462 e. The zero-order chi connectivity index (χ0) is 16.3. The standard InChI is InChI=1S/C16H18ClNO4/c1-3-10(2)22-16(21)13(17)8-9-18-14(19)11-6-4-5-7-12(11)15(18)20/h4-7,10,13H,3,8-9H2,1-2H3. The summed E-state index contributed by atoms with van der Waals surface area (Å²) < 4.78 is 5.13. The number of imide groups is 1. The Morgan fingerprint density at radius 3 is 2.27 bits per heavy atom. The van der Waals surface area contributed by atoms with E-state index in [0.717, 1.165) is 4.90 Å². The van der Waals surface area contributed by atoms with E-state index in [-0.39, 0.29) is 30.9 Å². The Kier molecular flexibility index (Phi) is 5.19. The second kappa shape index (κ2) is 6.92. The van der Waals surface area contributed by atoms with E-state index in [1.54, 1.807) is 31.2 Å². The molecule has 1 aromatic rings. The second-order valence-electron chi connectivity index (χ2n) is 5.22. The van der Waals surface area contributed by atoms with Crippen molar-refractivity contribution in [1.29, 1.82) is 0 Å². The van der Waals surface area contributed by atoms with Crippen LogP contribution in [-0.4, -0.2) is 40.7 Å². The monoisotopic (exact) mass is 323 g/mol. The average molecular weight is 324 g/mol. The minimum Gasteiger partial charge on any atom is -0.462 e. The van der Waals surface area contributed by atoms with Crippen molar-refractivity contribution in [1.82, 2.24) is 4.90 Å². The molecule has 118 valence electrons.